The Labute approximate surface area is 90.9 Å². The molecule has 1 atom stereocenters. The fourth-order valence-electron chi connectivity index (χ4n) is 1.07. The molecule has 0 rings (SSSR count). The van der Waals surface area contributed by atoms with E-state index in [1.807, 2.05) is 6.92 Å². The third-order valence-electron chi connectivity index (χ3n) is 2.16. The molecule has 0 radical (unpaired) electrons. The van der Waals surface area contributed by atoms with E-state index in [2.05, 4.69) is 10.6 Å². The van der Waals surface area contributed by atoms with Crippen LogP contribution in [0.25, 0.3) is 0 Å². The van der Waals surface area contributed by atoms with E-state index in [1.165, 1.54) is 6.92 Å². The molecule has 0 aliphatic carbocycles. The van der Waals surface area contributed by atoms with Gasteiger partial charge in [-0.3, -0.25) is 4.79 Å². The van der Waals surface area contributed by atoms with Gasteiger partial charge in [0.15, 0.2) is 0 Å². The molecule has 15 heavy (non-hydrogen) atoms. The summed E-state index contributed by atoms with van der Waals surface area (Å²) in [6, 6.07) is 0. The molecule has 4 N–H and O–H groups in total. The van der Waals surface area contributed by atoms with Gasteiger partial charge in [-0.25, -0.2) is 0 Å². The average Bonchev–Trinajstić information content (AvgIpc) is 2.14. The average molecular weight is 218 g/mol. The predicted molar refractivity (Wildman–Crippen MR) is 58.5 cm³/mol. The Hall–Kier alpha value is -0.650. The lowest BCUT2D eigenvalue weighted by molar-refractivity contribution is -0.127. The topological polar surface area (TPSA) is 81.6 Å². The van der Waals surface area contributed by atoms with Gasteiger partial charge in [0.1, 0.15) is 5.60 Å². The van der Waals surface area contributed by atoms with E-state index in [1.54, 1.807) is 13.8 Å². The van der Waals surface area contributed by atoms with Gasteiger partial charge in [0.2, 0.25) is 5.91 Å². The van der Waals surface area contributed by atoms with Crippen molar-refractivity contribution < 1.29 is 15.0 Å². The molecule has 0 fully saturated rings. The molecule has 1 unspecified atom stereocenters. The zero-order valence-electron chi connectivity index (χ0n) is 9.92. The number of amides is 1. The molecule has 90 valence electrons. The van der Waals surface area contributed by atoms with Crippen LogP contribution >= 0.6 is 0 Å². The van der Waals surface area contributed by atoms with Crippen LogP contribution in [0.5, 0.6) is 0 Å². The maximum Gasteiger partial charge on any atom is 0.239 e. The number of carbonyl (C=O) groups is 1. The van der Waals surface area contributed by atoms with Crippen LogP contribution in [0, 0.1) is 0 Å². The maximum absolute atomic E-state index is 11.7. The largest absolute Gasteiger partial charge is 0.393 e. The second kappa shape index (κ2) is 5.44. The number of rotatable bonds is 6. The van der Waals surface area contributed by atoms with Gasteiger partial charge in [-0.1, -0.05) is 6.92 Å². The summed E-state index contributed by atoms with van der Waals surface area (Å²) in [7, 11) is 0. The number of aliphatic hydroxyl groups is 2. The van der Waals surface area contributed by atoms with Gasteiger partial charge in [-0.2, -0.15) is 0 Å². The Balaban J connectivity index is 4.14. The summed E-state index contributed by atoms with van der Waals surface area (Å²) in [4.78, 5) is 11.7. The minimum Gasteiger partial charge on any atom is -0.393 e. The summed E-state index contributed by atoms with van der Waals surface area (Å²) >= 11 is 0. The van der Waals surface area contributed by atoms with Crippen molar-refractivity contribution in [2.24, 2.45) is 0 Å². The molecule has 0 spiro atoms. The summed E-state index contributed by atoms with van der Waals surface area (Å²) in [5.41, 5.74) is -1.93. The molecule has 5 heteroatoms. The Morgan fingerprint density at radius 1 is 1.33 bits per heavy atom. The summed E-state index contributed by atoms with van der Waals surface area (Å²) in [6.45, 7) is 7.26. The van der Waals surface area contributed by atoms with Crippen molar-refractivity contribution in [3.63, 3.8) is 0 Å². The van der Waals surface area contributed by atoms with Crippen LogP contribution in [0.15, 0.2) is 0 Å². The Morgan fingerprint density at radius 3 is 2.27 bits per heavy atom. The van der Waals surface area contributed by atoms with E-state index in [9.17, 15) is 9.90 Å². The monoisotopic (exact) mass is 218 g/mol. The van der Waals surface area contributed by atoms with E-state index >= 15 is 0 Å². The van der Waals surface area contributed by atoms with Crippen molar-refractivity contribution in [3.8, 4) is 0 Å². The van der Waals surface area contributed by atoms with Crippen LogP contribution in [0.2, 0.25) is 0 Å². The van der Waals surface area contributed by atoms with Gasteiger partial charge in [-0.15, -0.1) is 0 Å². The van der Waals surface area contributed by atoms with Crippen molar-refractivity contribution in [2.75, 3.05) is 19.7 Å². The van der Waals surface area contributed by atoms with Crippen LogP contribution in [0.1, 0.15) is 27.7 Å². The first-order valence-electron chi connectivity index (χ1n) is 5.12. The highest BCUT2D eigenvalue weighted by Crippen LogP contribution is 2.04. The molecule has 0 saturated carbocycles. The standard InChI is InChI=1S/C10H22N2O3/c1-5-12-9(2,3)8(14)11-6-10(4,15)7-13/h12-13,15H,5-7H2,1-4H3,(H,11,14). The molecule has 1 amide bonds. The van der Waals surface area contributed by atoms with Crippen LogP contribution in [-0.4, -0.2) is 47.0 Å². The Morgan fingerprint density at radius 2 is 1.87 bits per heavy atom. The highest BCUT2D eigenvalue weighted by Gasteiger charge is 2.28. The molecular weight excluding hydrogens is 196 g/mol. The van der Waals surface area contributed by atoms with Crippen LogP contribution in [-0.2, 0) is 4.79 Å². The summed E-state index contributed by atoms with van der Waals surface area (Å²) in [5.74, 6) is -0.196. The molecule has 0 aliphatic rings. The molecule has 0 bridgehead atoms. The molecule has 0 aromatic heterocycles. The Kier molecular flexibility index (Phi) is 5.20. The second-order valence-corrected chi connectivity index (χ2v) is 4.49. The predicted octanol–water partition coefficient (Wildman–Crippen LogP) is -0.766. The number of hydrogen-bond acceptors (Lipinski definition) is 4. The van der Waals surface area contributed by atoms with E-state index in [-0.39, 0.29) is 19.1 Å². The lowest BCUT2D eigenvalue weighted by Crippen LogP contribution is -2.55. The van der Waals surface area contributed by atoms with Gasteiger partial charge in [0.05, 0.1) is 12.1 Å². The molecule has 5 nitrogen and oxygen atoms in total. The zero-order chi connectivity index (χ0) is 12.1. The quantitative estimate of drug-likeness (QED) is 0.472. The van der Waals surface area contributed by atoms with Crippen molar-refractivity contribution in [1.29, 1.82) is 0 Å². The smallest absolute Gasteiger partial charge is 0.239 e. The molecular formula is C10H22N2O3. The van der Waals surface area contributed by atoms with E-state index in [0.717, 1.165) is 0 Å². The SMILES string of the molecule is CCNC(C)(C)C(=O)NCC(C)(O)CO. The number of likely N-dealkylation sites (N-methyl/N-ethyl adjacent to an activating group) is 1. The van der Waals surface area contributed by atoms with Crippen LogP contribution in [0.3, 0.4) is 0 Å². The number of hydrogen-bond donors (Lipinski definition) is 4. The van der Waals surface area contributed by atoms with E-state index in [4.69, 9.17) is 5.11 Å². The van der Waals surface area contributed by atoms with Gasteiger partial charge in [0, 0.05) is 6.54 Å². The zero-order valence-corrected chi connectivity index (χ0v) is 9.92. The molecule has 0 aliphatic heterocycles. The highest BCUT2D eigenvalue weighted by atomic mass is 16.3. The van der Waals surface area contributed by atoms with Crippen molar-refractivity contribution in [2.45, 2.75) is 38.8 Å². The minimum atomic E-state index is -1.27. The maximum atomic E-state index is 11.7. The first kappa shape index (κ1) is 14.3. The molecule has 0 saturated heterocycles. The first-order valence-corrected chi connectivity index (χ1v) is 5.12. The third-order valence-corrected chi connectivity index (χ3v) is 2.16. The van der Waals surface area contributed by atoms with Gasteiger partial charge >= 0.3 is 0 Å². The third kappa shape index (κ3) is 5.11. The van der Waals surface area contributed by atoms with Crippen molar-refractivity contribution in [3.05, 3.63) is 0 Å². The number of aliphatic hydroxyl groups excluding tert-OH is 1. The van der Waals surface area contributed by atoms with Gasteiger partial charge < -0.3 is 20.8 Å². The van der Waals surface area contributed by atoms with E-state index < -0.39 is 11.1 Å². The minimum absolute atomic E-state index is 0.0388. The van der Waals surface area contributed by atoms with Gasteiger partial charge in [-0.05, 0) is 27.3 Å². The van der Waals surface area contributed by atoms with Crippen molar-refractivity contribution in [1.82, 2.24) is 10.6 Å². The number of carbonyl (C=O) groups excluding carboxylic acids is 1. The normalized spacial score (nSPS) is 15.9. The lowest BCUT2D eigenvalue weighted by atomic mass is 10.0. The van der Waals surface area contributed by atoms with Gasteiger partial charge in [0.25, 0.3) is 0 Å². The lowest BCUT2D eigenvalue weighted by Gasteiger charge is -2.27. The first-order chi connectivity index (χ1) is 6.75. The summed E-state index contributed by atoms with van der Waals surface area (Å²) in [5, 5.41) is 23.9. The summed E-state index contributed by atoms with van der Waals surface area (Å²) in [6.07, 6.45) is 0. The Bertz CT molecular complexity index is 215. The van der Waals surface area contributed by atoms with Crippen LogP contribution < -0.4 is 10.6 Å². The number of nitrogens with one attached hydrogen (secondary N) is 2. The molecule has 0 aromatic carbocycles. The molecule has 0 aromatic rings. The fraction of sp³-hybridized carbons (Fsp3) is 0.900. The molecule has 0 heterocycles. The fourth-order valence-corrected chi connectivity index (χ4v) is 1.07. The highest BCUT2D eigenvalue weighted by molar-refractivity contribution is 5.85. The second-order valence-electron chi connectivity index (χ2n) is 4.49. The van der Waals surface area contributed by atoms with E-state index in [0.29, 0.717) is 6.54 Å². The summed E-state index contributed by atoms with van der Waals surface area (Å²) < 4.78 is 0. The van der Waals surface area contributed by atoms with Crippen LogP contribution in [0.4, 0.5) is 0 Å². The van der Waals surface area contributed by atoms with Crippen molar-refractivity contribution >= 4 is 5.91 Å².